The predicted octanol–water partition coefficient (Wildman–Crippen LogP) is 7.48. The Labute approximate surface area is 269 Å². The van der Waals surface area contributed by atoms with E-state index in [0.29, 0.717) is 16.9 Å². The molecule has 10 heteroatoms. The fraction of sp³-hybridized carbons (Fsp3) is 0.0278. The summed E-state index contributed by atoms with van der Waals surface area (Å²) in [5, 5.41) is 19.4. The summed E-state index contributed by atoms with van der Waals surface area (Å²) in [5.74, 6) is -1.40. The Balaban J connectivity index is 1.35. The lowest BCUT2D eigenvalue weighted by molar-refractivity contribution is -0.385. The Morgan fingerprint density at radius 2 is 1.24 bits per heavy atom. The first-order valence-corrected chi connectivity index (χ1v) is 15.1. The topological polar surface area (TPSA) is 130 Å². The number of rotatable bonds is 11. The van der Waals surface area contributed by atoms with Crippen molar-refractivity contribution in [2.45, 2.75) is 10.1 Å². The van der Waals surface area contributed by atoms with Crippen LogP contribution in [0.5, 0.6) is 0 Å². The monoisotopic (exact) mass is 628 g/mol. The molecule has 46 heavy (non-hydrogen) atoms. The highest BCUT2D eigenvalue weighted by molar-refractivity contribution is 8.00. The average molecular weight is 629 g/mol. The fourth-order valence-corrected chi connectivity index (χ4v) is 5.48. The predicted molar refractivity (Wildman–Crippen MR) is 180 cm³/mol. The molecule has 0 saturated carbocycles. The number of amides is 3. The number of nitrogens with one attached hydrogen (secondary N) is 3. The number of hydrogen-bond donors (Lipinski definition) is 3. The van der Waals surface area contributed by atoms with Crippen molar-refractivity contribution in [3.8, 4) is 0 Å². The second-order valence-corrected chi connectivity index (χ2v) is 11.1. The van der Waals surface area contributed by atoms with Gasteiger partial charge < -0.3 is 16.0 Å². The summed E-state index contributed by atoms with van der Waals surface area (Å²) in [4.78, 5) is 51.6. The smallest absolute Gasteiger partial charge is 0.276 e. The Morgan fingerprint density at radius 3 is 1.89 bits per heavy atom. The molecule has 0 aliphatic carbocycles. The van der Waals surface area contributed by atoms with Crippen molar-refractivity contribution in [2.24, 2.45) is 0 Å². The quantitative estimate of drug-likeness (QED) is 0.0602. The van der Waals surface area contributed by atoms with Crippen molar-refractivity contribution in [2.75, 3.05) is 10.6 Å². The van der Waals surface area contributed by atoms with Gasteiger partial charge in [0.05, 0.1) is 10.5 Å². The van der Waals surface area contributed by atoms with Crippen LogP contribution in [0, 0.1) is 10.1 Å². The third kappa shape index (κ3) is 8.34. The number of carbonyl (C=O) groups is 3. The van der Waals surface area contributed by atoms with Gasteiger partial charge in [-0.3, -0.25) is 24.5 Å². The van der Waals surface area contributed by atoms with E-state index in [0.717, 1.165) is 10.5 Å². The van der Waals surface area contributed by atoms with E-state index in [9.17, 15) is 24.5 Å². The summed E-state index contributed by atoms with van der Waals surface area (Å²) in [5.41, 5.74) is 2.01. The molecule has 228 valence electrons. The maximum Gasteiger partial charge on any atom is 0.276 e. The molecule has 0 fully saturated rings. The summed E-state index contributed by atoms with van der Waals surface area (Å²) in [6.45, 7) is 0. The second-order valence-electron chi connectivity index (χ2n) is 9.94. The largest absolute Gasteiger partial charge is 0.325 e. The van der Waals surface area contributed by atoms with Crippen LogP contribution in [0.3, 0.4) is 0 Å². The van der Waals surface area contributed by atoms with Crippen LogP contribution in [0.1, 0.15) is 26.7 Å². The number of carbonyl (C=O) groups excluding carboxylic acids is 3. The van der Waals surface area contributed by atoms with E-state index in [2.05, 4.69) is 16.0 Å². The van der Waals surface area contributed by atoms with Crippen molar-refractivity contribution in [1.82, 2.24) is 5.32 Å². The third-order valence-corrected chi connectivity index (χ3v) is 7.98. The molecule has 1 unspecified atom stereocenters. The SMILES string of the molecule is O=C(Nc1ccc(SC(C(=O)Nc2ccccc2)c2ccccc2)cc1)/C(=C/c1ccccc1[N+](=O)[O-])NC(=O)c1ccccc1. The zero-order valence-corrected chi connectivity index (χ0v) is 25.1. The lowest BCUT2D eigenvalue weighted by Crippen LogP contribution is -2.30. The molecular formula is C36H28N4O5S. The van der Waals surface area contributed by atoms with Gasteiger partial charge in [-0.25, -0.2) is 0 Å². The molecule has 0 saturated heterocycles. The van der Waals surface area contributed by atoms with E-state index in [1.54, 1.807) is 60.7 Å². The van der Waals surface area contributed by atoms with E-state index in [1.165, 1.54) is 36.0 Å². The number of thioether (sulfide) groups is 1. The van der Waals surface area contributed by atoms with Gasteiger partial charge in [0.1, 0.15) is 10.9 Å². The fourth-order valence-electron chi connectivity index (χ4n) is 4.46. The molecule has 0 aliphatic heterocycles. The van der Waals surface area contributed by atoms with Crippen LogP contribution >= 0.6 is 11.8 Å². The van der Waals surface area contributed by atoms with E-state index in [1.807, 2.05) is 60.7 Å². The highest BCUT2D eigenvalue weighted by atomic mass is 32.2. The first-order valence-electron chi connectivity index (χ1n) is 14.2. The normalized spacial score (nSPS) is 11.6. The van der Waals surface area contributed by atoms with Crippen LogP contribution in [0.15, 0.2) is 150 Å². The molecule has 0 aromatic heterocycles. The lowest BCUT2D eigenvalue weighted by Gasteiger charge is -2.17. The molecule has 3 amide bonds. The summed E-state index contributed by atoms with van der Waals surface area (Å²) in [7, 11) is 0. The minimum Gasteiger partial charge on any atom is -0.325 e. The zero-order valence-electron chi connectivity index (χ0n) is 24.3. The number of nitro benzene ring substituents is 1. The molecule has 5 rings (SSSR count). The van der Waals surface area contributed by atoms with Gasteiger partial charge in [0.15, 0.2) is 0 Å². The number of para-hydroxylation sites is 2. The van der Waals surface area contributed by atoms with Gasteiger partial charge in [-0.2, -0.15) is 0 Å². The molecule has 0 aliphatic rings. The number of nitro groups is 1. The Kier molecular flexibility index (Phi) is 10.3. The van der Waals surface area contributed by atoms with Gasteiger partial charge in [0.2, 0.25) is 5.91 Å². The highest BCUT2D eigenvalue weighted by Crippen LogP contribution is 2.36. The van der Waals surface area contributed by atoms with Crippen LogP contribution in [-0.4, -0.2) is 22.6 Å². The maximum atomic E-state index is 13.5. The Bertz CT molecular complexity index is 1870. The standard InChI is InChI=1S/C36H28N4O5S/c41-34(26-14-6-2-7-15-26)39-31(24-27-16-10-11-19-32(27)40(44)45)35(42)37-29-20-22-30(23-21-29)46-33(25-12-4-1-5-13-25)36(43)38-28-17-8-3-9-18-28/h1-24,33H,(H,37,42)(H,38,43)(H,39,41)/b31-24-. The number of anilines is 2. The van der Waals surface area contributed by atoms with E-state index < -0.39 is 22.0 Å². The number of benzene rings is 5. The molecule has 0 bridgehead atoms. The average Bonchev–Trinajstić information content (AvgIpc) is 3.09. The van der Waals surface area contributed by atoms with Crippen LogP contribution in [0.25, 0.3) is 6.08 Å². The van der Waals surface area contributed by atoms with Crippen LogP contribution < -0.4 is 16.0 Å². The summed E-state index contributed by atoms with van der Waals surface area (Å²) >= 11 is 1.36. The minimum absolute atomic E-state index is 0.151. The molecule has 3 N–H and O–H groups in total. The second kappa shape index (κ2) is 15.1. The lowest BCUT2D eigenvalue weighted by atomic mass is 10.1. The van der Waals surface area contributed by atoms with Crippen molar-refractivity contribution in [1.29, 1.82) is 0 Å². The van der Waals surface area contributed by atoms with Gasteiger partial charge in [-0.05, 0) is 66.2 Å². The molecule has 9 nitrogen and oxygen atoms in total. The van der Waals surface area contributed by atoms with Gasteiger partial charge in [0.25, 0.3) is 17.5 Å². The molecule has 1 atom stereocenters. The minimum atomic E-state index is -0.674. The summed E-state index contributed by atoms with van der Waals surface area (Å²) in [6, 6.07) is 39.8. The van der Waals surface area contributed by atoms with Gasteiger partial charge >= 0.3 is 0 Å². The molecular weight excluding hydrogens is 600 g/mol. The molecule has 5 aromatic rings. The van der Waals surface area contributed by atoms with Crippen molar-refractivity contribution in [3.05, 3.63) is 172 Å². The molecule has 0 radical (unpaired) electrons. The maximum absolute atomic E-state index is 13.5. The first-order chi connectivity index (χ1) is 22.4. The summed E-state index contributed by atoms with van der Waals surface area (Å²) < 4.78 is 0. The van der Waals surface area contributed by atoms with E-state index in [4.69, 9.17) is 0 Å². The molecule has 0 heterocycles. The van der Waals surface area contributed by atoms with Gasteiger partial charge in [-0.1, -0.05) is 78.9 Å². The Morgan fingerprint density at radius 1 is 0.674 bits per heavy atom. The third-order valence-electron chi connectivity index (χ3n) is 6.71. The van der Waals surface area contributed by atoms with Crippen LogP contribution in [0.4, 0.5) is 17.1 Å². The van der Waals surface area contributed by atoms with Crippen LogP contribution in [0.2, 0.25) is 0 Å². The molecule has 5 aromatic carbocycles. The Hall–Kier alpha value is -6.00. The van der Waals surface area contributed by atoms with Crippen molar-refractivity contribution >= 4 is 52.6 Å². The van der Waals surface area contributed by atoms with E-state index >= 15 is 0 Å². The molecule has 0 spiro atoms. The van der Waals surface area contributed by atoms with Crippen LogP contribution in [-0.2, 0) is 9.59 Å². The zero-order chi connectivity index (χ0) is 32.3. The van der Waals surface area contributed by atoms with Gasteiger partial charge in [-0.15, -0.1) is 11.8 Å². The highest BCUT2D eigenvalue weighted by Gasteiger charge is 2.23. The number of hydrogen-bond acceptors (Lipinski definition) is 6. The first kappa shape index (κ1) is 31.4. The van der Waals surface area contributed by atoms with E-state index in [-0.39, 0.29) is 22.9 Å². The van der Waals surface area contributed by atoms with Crippen molar-refractivity contribution in [3.63, 3.8) is 0 Å². The summed E-state index contributed by atoms with van der Waals surface area (Å²) in [6.07, 6.45) is 1.27. The number of nitrogens with zero attached hydrogens (tertiary/aromatic N) is 1. The van der Waals surface area contributed by atoms with Gasteiger partial charge in [0, 0.05) is 27.9 Å². The van der Waals surface area contributed by atoms with Crippen molar-refractivity contribution < 1.29 is 19.3 Å².